The maximum absolute atomic E-state index is 12.8. The number of aromatic nitrogens is 2. The average molecular weight is 330 g/mol. The average Bonchev–Trinajstić information content (AvgIpc) is 3.09. The van der Waals surface area contributed by atoms with E-state index in [4.69, 9.17) is 18.7 Å². The number of methoxy groups -OCH3 is 2. The van der Waals surface area contributed by atoms with Gasteiger partial charge in [-0.25, -0.2) is 4.39 Å². The highest BCUT2D eigenvalue weighted by Crippen LogP contribution is 2.31. The van der Waals surface area contributed by atoms with E-state index >= 15 is 0 Å². The lowest BCUT2D eigenvalue weighted by molar-refractivity contribution is 0.242. The maximum Gasteiger partial charge on any atom is 0.264 e. The third-order valence-corrected chi connectivity index (χ3v) is 3.29. The standard InChI is InChI=1S/C17H15FN2O4/c1-21-13-7-8-14(15(9-13)22-2)17-19-16(24-20-17)10-23-12-5-3-11(18)4-6-12/h3-9H,10H2,1-2H3. The summed E-state index contributed by atoms with van der Waals surface area (Å²) in [5.74, 6) is 2.10. The van der Waals surface area contributed by atoms with Crippen LogP contribution in [0.2, 0.25) is 0 Å². The molecule has 0 atom stereocenters. The lowest BCUT2D eigenvalue weighted by Crippen LogP contribution is -1.96. The minimum Gasteiger partial charge on any atom is -0.497 e. The molecule has 0 saturated heterocycles. The topological polar surface area (TPSA) is 66.6 Å². The highest BCUT2D eigenvalue weighted by Gasteiger charge is 2.14. The van der Waals surface area contributed by atoms with E-state index in [0.29, 0.717) is 34.5 Å². The molecule has 7 heteroatoms. The molecule has 0 amide bonds. The molecule has 0 spiro atoms. The molecule has 0 N–H and O–H groups in total. The highest BCUT2D eigenvalue weighted by atomic mass is 19.1. The van der Waals surface area contributed by atoms with Gasteiger partial charge in [0.2, 0.25) is 5.82 Å². The lowest BCUT2D eigenvalue weighted by Gasteiger charge is -2.07. The number of hydrogen-bond donors (Lipinski definition) is 0. The van der Waals surface area contributed by atoms with Gasteiger partial charge in [0.05, 0.1) is 19.8 Å². The highest BCUT2D eigenvalue weighted by molar-refractivity contribution is 5.65. The van der Waals surface area contributed by atoms with Crippen LogP contribution in [0.5, 0.6) is 17.2 Å². The van der Waals surface area contributed by atoms with Crippen molar-refractivity contribution in [2.75, 3.05) is 14.2 Å². The smallest absolute Gasteiger partial charge is 0.264 e. The summed E-state index contributed by atoms with van der Waals surface area (Å²) in [6.07, 6.45) is 0. The first-order valence-electron chi connectivity index (χ1n) is 7.13. The summed E-state index contributed by atoms with van der Waals surface area (Å²) in [4.78, 5) is 4.28. The molecule has 0 aliphatic rings. The normalized spacial score (nSPS) is 10.5. The van der Waals surface area contributed by atoms with Crippen LogP contribution in [-0.2, 0) is 6.61 Å². The van der Waals surface area contributed by atoms with Crippen LogP contribution < -0.4 is 14.2 Å². The van der Waals surface area contributed by atoms with Gasteiger partial charge in [-0.1, -0.05) is 5.16 Å². The van der Waals surface area contributed by atoms with Crippen LogP contribution in [0.1, 0.15) is 5.89 Å². The molecule has 0 bridgehead atoms. The molecule has 0 fully saturated rings. The van der Waals surface area contributed by atoms with Crippen LogP contribution in [0.15, 0.2) is 47.0 Å². The third kappa shape index (κ3) is 3.45. The Kier molecular flexibility index (Phi) is 4.60. The van der Waals surface area contributed by atoms with Crippen molar-refractivity contribution in [3.05, 3.63) is 54.2 Å². The van der Waals surface area contributed by atoms with Crippen LogP contribution in [-0.4, -0.2) is 24.4 Å². The summed E-state index contributed by atoms with van der Waals surface area (Å²) in [6.45, 7) is 0.0805. The van der Waals surface area contributed by atoms with E-state index in [2.05, 4.69) is 10.1 Å². The first kappa shape index (κ1) is 15.8. The molecule has 6 nitrogen and oxygen atoms in total. The molecule has 3 rings (SSSR count). The molecule has 124 valence electrons. The van der Waals surface area contributed by atoms with Crippen LogP contribution in [0.3, 0.4) is 0 Å². The largest absolute Gasteiger partial charge is 0.497 e. The fourth-order valence-corrected chi connectivity index (χ4v) is 2.08. The maximum atomic E-state index is 12.8. The van der Waals surface area contributed by atoms with Crippen molar-refractivity contribution < 1.29 is 23.1 Å². The first-order valence-corrected chi connectivity index (χ1v) is 7.13. The molecule has 0 radical (unpaired) electrons. The first-order chi connectivity index (χ1) is 11.7. The molecule has 0 aliphatic carbocycles. The van der Waals surface area contributed by atoms with Crippen molar-refractivity contribution >= 4 is 0 Å². The predicted octanol–water partition coefficient (Wildman–Crippen LogP) is 3.47. The van der Waals surface area contributed by atoms with E-state index in [1.54, 1.807) is 32.4 Å². The third-order valence-electron chi connectivity index (χ3n) is 3.29. The fourth-order valence-electron chi connectivity index (χ4n) is 2.08. The summed E-state index contributed by atoms with van der Waals surface area (Å²) >= 11 is 0. The Morgan fingerprint density at radius 2 is 1.75 bits per heavy atom. The molecule has 0 unspecified atom stereocenters. The molecule has 2 aromatic carbocycles. The van der Waals surface area contributed by atoms with Crippen LogP contribution >= 0.6 is 0 Å². The van der Waals surface area contributed by atoms with Crippen molar-refractivity contribution in [1.82, 2.24) is 10.1 Å². The van der Waals surface area contributed by atoms with E-state index < -0.39 is 0 Å². The minimum absolute atomic E-state index is 0.0805. The number of rotatable bonds is 6. The Morgan fingerprint density at radius 1 is 1.00 bits per heavy atom. The van der Waals surface area contributed by atoms with Crippen LogP contribution in [0.4, 0.5) is 4.39 Å². The zero-order valence-electron chi connectivity index (χ0n) is 13.2. The van der Waals surface area contributed by atoms with Crippen LogP contribution in [0.25, 0.3) is 11.4 Å². The lowest BCUT2D eigenvalue weighted by atomic mass is 10.2. The Labute approximate surface area is 137 Å². The summed E-state index contributed by atoms with van der Waals surface area (Å²) in [5.41, 5.74) is 0.676. The summed E-state index contributed by atoms with van der Waals surface area (Å²) in [6, 6.07) is 11.0. The molecule has 1 aromatic heterocycles. The van der Waals surface area contributed by atoms with Gasteiger partial charge in [0.15, 0.2) is 6.61 Å². The van der Waals surface area contributed by atoms with E-state index in [-0.39, 0.29) is 12.4 Å². The number of ether oxygens (including phenoxy) is 3. The zero-order valence-corrected chi connectivity index (χ0v) is 13.2. The van der Waals surface area contributed by atoms with E-state index in [9.17, 15) is 4.39 Å². The van der Waals surface area contributed by atoms with Gasteiger partial charge in [-0.2, -0.15) is 4.98 Å². The van der Waals surface area contributed by atoms with Gasteiger partial charge in [-0.05, 0) is 36.4 Å². The Morgan fingerprint density at radius 3 is 2.46 bits per heavy atom. The monoisotopic (exact) mass is 330 g/mol. The second-order valence-corrected chi connectivity index (χ2v) is 4.82. The van der Waals surface area contributed by atoms with Crippen LogP contribution in [0, 0.1) is 5.82 Å². The van der Waals surface area contributed by atoms with Crippen molar-refractivity contribution in [3.63, 3.8) is 0 Å². The zero-order chi connectivity index (χ0) is 16.9. The summed E-state index contributed by atoms with van der Waals surface area (Å²) in [5, 5.41) is 3.93. The molecule has 1 heterocycles. The van der Waals surface area contributed by atoms with E-state index in [1.807, 2.05) is 0 Å². The van der Waals surface area contributed by atoms with Gasteiger partial charge < -0.3 is 18.7 Å². The summed E-state index contributed by atoms with van der Waals surface area (Å²) < 4.78 is 34.0. The Hall–Kier alpha value is -3.09. The SMILES string of the molecule is COc1ccc(-c2noc(COc3ccc(F)cc3)n2)c(OC)c1. The number of hydrogen-bond acceptors (Lipinski definition) is 6. The number of benzene rings is 2. The van der Waals surface area contributed by atoms with Gasteiger partial charge >= 0.3 is 0 Å². The molecule has 24 heavy (non-hydrogen) atoms. The predicted molar refractivity (Wildman–Crippen MR) is 83.6 cm³/mol. The van der Waals surface area contributed by atoms with Gasteiger partial charge in [-0.15, -0.1) is 0 Å². The second kappa shape index (κ2) is 6.99. The van der Waals surface area contributed by atoms with Crippen molar-refractivity contribution in [3.8, 4) is 28.6 Å². The molecule has 0 aliphatic heterocycles. The molecule has 0 saturated carbocycles. The van der Waals surface area contributed by atoms with Gasteiger partial charge in [-0.3, -0.25) is 0 Å². The van der Waals surface area contributed by atoms with E-state index in [0.717, 1.165) is 0 Å². The second-order valence-electron chi connectivity index (χ2n) is 4.82. The number of halogens is 1. The minimum atomic E-state index is -0.325. The fraction of sp³-hybridized carbons (Fsp3) is 0.176. The van der Waals surface area contributed by atoms with Gasteiger partial charge in [0, 0.05) is 6.07 Å². The quantitative estimate of drug-likeness (QED) is 0.689. The van der Waals surface area contributed by atoms with Gasteiger partial charge in [0.1, 0.15) is 23.1 Å². The summed E-state index contributed by atoms with van der Waals surface area (Å²) in [7, 11) is 3.13. The molecular weight excluding hydrogens is 315 g/mol. The van der Waals surface area contributed by atoms with E-state index in [1.165, 1.54) is 24.3 Å². The Bertz CT molecular complexity index is 818. The van der Waals surface area contributed by atoms with Crippen molar-refractivity contribution in [1.29, 1.82) is 0 Å². The van der Waals surface area contributed by atoms with Crippen molar-refractivity contribution in [2.24, 2.45) is 0 Å². The molecular formula is C17H15FN2O4. The number of nitrogens with zero attached hydrogens (tertiary/aromatic N) is 2. The molecule has 3 aromatic rings. The Balaban J connectivity index is 1.74. The van der Waals surface area contributed by atoms with Gasteiger partial charge in [0.25, 0.3) is 5.89 Å². The van der Waals surface area contributed by atoms with Crippen molar-refractivity contribution in [2.45, 2.75) is 6.61 Å².